The van der Waals surface area contributed by atoms with Crippen LogP contribution in [0.3, 0.4) is 0 Å². The number of carbonyl (C=O) groups excluding carboxylic acids is 1. The van der Waals surface area contributed by atoms with Crippen LogP contribution in [0.5, 0.6) is 0 Å². The number of thiol groups is 1. The minimum absolute atomic E-state index is 0.239. The summed E-state index contributed by atoms with van der Waals surface area (Å²) in [6, 6.07) is 0. The molecule has 0 spiro atoms. The highest BCUT2D eigenvalue weighted by Gasteiger charge is 1.94. The fourth-order valence-corrected chi connectivity index (χ4v) is 0.885. The SMILES string of the molecule is CSCCC(=O)CS. The van der Waals surface area contributed by atoms with E-state index in [2.05, 4.69) is 12.6 Å². The van der Waals surface area contributed by atoms with Crippen molar-refractivity contribution in [3.63, 3.8) is 0 Å². The summed E-state index contributed by atoms with van der Waals surface area (Å²) in [6.07, 6.45) is 2.66. The van der Waals surface area contributed by atoms with Crippen LogP contribution in [-0.2, 0) is 4.79 Å². The molecule has 0 saturated carbocycles. The van der Waals surface area contributed by atoms with Gasteiger partial charge in [-0.1, -0.05) is 0 Å². The highest BCUT2D eigenvalue weighted by Crippen LogP contribution is 1.96. The molecule has 0 bridgehead atoms. The monoisotopic (exact) mass is 150 g/mol. The molecule has 0 heterocycles. The molecule has 0 atom stereocenters. The van der Waals surface area contributed by atoms with Crippen LogP contribution in [0.2, 0.25) is 0 Å². The van der Waals surface area contributed by atoms with Gasteiger partial charge in [0.15, 0.2) is 0 Å². The quantitative estimate of drug-likeness (QED) is 0.607. The average molecular weight is 150 g/mol. The Balaban J connectivity index is 2.99. The average Bonchev–Trinajstić information content (AvgIpc) is 1.83. The predicted octanol–water partition coefficient (Wildman–Crippen LogP) is 1.24. The summed E-state index contributed by atoms with van der Waals surface area (Å²) in [5, 5.41) is 0. The van der Waals surface area contributed by atoms with Gasteiger partial charge in [0.1, 0.15) is 5.78 Å². The van der Waals surface area contributed by atoms with Gasteiger partial charge in [-0.05, 0) is 12.0 Å². The summed E-state index contributed by atoms with van der Waals surface area (Å²) < 4.78 is 0. The molecular formula is C5H10OS2. The second-order valence-corrected chi connectivity index (χ2v) is 2.74. The predicted molar refractivity (Wildman–Crippen MR) is 41.9 cm³/mol. The zero-order valence-corrected chi connectivity index (χ0v) is 6.60. The van der Waals surface area contributed by atoms with E-state index in [4.69, 9.17) is 0 Å². The number of thioether (sulfide) groups is 1. The van der Waals surface area contributed by atoms with Crippen LogP contribution in [0.15, 0.2) is 0 Å². The smallest absolute Gasteiger partial charge is 0.143 e. The van der Waals surface area contributed by atoms with E-state index in [9.17, 15) is 4.79 Å². The maximum Gasteiger partial charge on any atom is 0.143 e. The fourth-order valence-electron chi connectivity index (χ4n) is 0.295. The minimum Gasteiger partial charge on any atom is -0.299 e. The first kappa shape index (κ1) is 8.37. The standard InChI is InChI=1S/C5H10OS2/c1-8-3-2-5(6)4-7/h7H,2-4H2,1H3. The Morgan fingerprint density at radius 2 is 2.38 bits per heavy atom. The fraction of sp³-hybridized carbons (Fsp3) is 0.800. The molecule has 3 heteroatoms. The van der Waals surface area contributed by atoms with Crippen molar-refractivity contribution in [1.82, 2.24) is 0 Å². The van der Waals surface area contributed by atoms with Crippen molar-refractivity contribution in [2.75, 3.05) is 17.8 Å². The van der Waals surface area contributed by atoms with Gasteiger partial charge in [-0.3, -0.25) is 4.79 Å². The van der Waals surface area contributed by atoms with Gasteiger partial charge in [0.2, 0.25) is 0 Å². The summed E-state index contributed by atoms with van der Waals surface area (Å²) in [5.41, 5.74) is 0. The van der Waals surface area contributed by atoms with Crippen molar-refractivity contribution < 1.29 is 4.79 Å². The zero-order valence-electron chi connectivity index (χ0n) is 4.89. The third kappa shape index (κ3) is 4.53. The molecule has 0 aliphatic heterocycles. The van der Waals surface area contributed by atoms with E-state index in [1.54, 1.807) is 11.8 Å². The van der Waals surface area contributed by atoms with E-state index in [1.807, 2.05) is 6.26 Å². The van der Waals surface area contributed by atoms with E-state index >= 15 is 0 Å². The highest BCUT2D eigenvalue weighted by molar-refractivity contribution is 7.98. The zero-order chi connectivity index (χ0) is 6.41. The lowest BCUT2D eigenvalue weighted by Gasteiger charge is -1.90. The maximum atomic E-state index is 10.5. The van der Waals surface area contributed by atoms with Crippen LogP contribution in [0.1, 0.15) is 6.42 Å². The molecule has 0 rings (SSSR count). The molecule has 0 N–H and O–H groups in total. The topological polar surface area (TPSA) is 17.1 Å². The second kappa shape index (κ2) is 5.51. The van der Waals surface area contributed by atoms with Crippen molar-refractivity contribution in [2.45, 2.75) is 6.42 Å². The van der Waals surface area contributed by atoms with E-state index in [-0.39, 0.29) is 5.78 Å². The van der Waals surface area contributed by atoms with Crippen LogP contribution in [0.25, 0.3) is 0 Å². The first-order chi connectivity index (χ1) is 3.81. The molecule has 8 heavy (non-hydrogen) atoms. The number of hydrogen-bond acceptors (Lipinski definition) is 3. The van der Waals surface area contributed by atoms with E-state index in [1.165, 1.54) is 0 Å². The first-order valence-corrected chi connectivity index (χ1v) is 4.45. The number of ketones is 1. The van der Waals surface area contributed by atoms with Gasteiger partial charge in [0, 0.05) is 12.2 Å². The van der Waals surface area contributed by atoms with Gasteiger partial charge in [-0.25, -0.2) is 0 Å². The van der Waals surface area contributed by atoms with Crippen LogP contribution in [-0.4, -0.2) is 23.5 Å². The van der Waals surface area contributed by atoms with E-state index in [0.29, 0.717) is 12.2 Å². The summed E-state index contributed by atoms with van der Waals surface area (Å²) in [6.45, 7) is 0. The molecule has 0 radical (unpaired) electrons. The molecule has 0 fully saturated rings. The van der Waals surface area contributed by atoms with Crippen molar-refractivity contribution in [1.29, 1.82) is 0 Å². The van der Waals surface area contributed by atoms with E-state index < -0.39 is 0 Å². The van der Waals surface area contributed by atoms with Crippen LogP contribution >= 0.6 is 24.4 Å². The lowest BCUT2D eigenvalue weighted by atomic mass is 10.3. The number of rotatable bonds is 4. The molecule has 0 aliphatic carbocycles. The van der Waals surface area contributed by atoms with Crippen molar-refractivity contribution in [2.24, 2.45) is 0 Å². The summed E-state index contributed by atoms with van der Waals surface area (Å²) in [4.78, 5) is 10.5. The molecule has 48 valence electrons. The number of hydrogen-bond donors (Lipinski definition) is 1. The minimum atomic E-state index is 0.239. The second-order valence-electron chi connectivity index (χ2n) is 1.44. The molecule has 0 aliphatic rings. The first-order valence-electron chi connectivity index (χ1n) is 2.42. The van der Waals surface area contributed by atoms with Gasteiger partial charge in [-0.15, -0.1) is 0 Å². The summed E-state index contributed by atoms with van der Waals surface area (Å²) in [5.74, 6) is 1.56. The molecule has 0 aromatic rings. The molecule has 1 nitrogen and oxygen atoms in total. The Morgan fingerprint density at radius 3 is 2.75 bits per heavy atom. The maximum absolute atomic E-state index is 10.5. The van der Waals surface area contributed by atoms with Gasteiger partial charge in [0.25, 0.3) is 0 Å². The van der Waals surface area contributed by atoms with Gasteiger partial charge in [-0.2, -0.15) is 24.4 Å². The lowest BCUT2D eigenvalue weighted by molar-refractivity contribution is -0.116. The number of carbonyl (C=O) groups is 1. The summed E-state index contributed by atoms with van der Waals surface area (Å²) >= 11 is 5.52. The van der Waals surface area contributed by atoms with Crippen LogP contribution in [0.4, 0.5) is 0 Å². The van der Waals surface area contributed by atoms with Crippen molar-refractivity contribution in [3.05, 3.63) is 0 Å². The molecular weight excluding hydrogens is 140 g/mol. The molecule has 0 unspecified atom stereocenters. The van der Waals surface area contributed by atoms with Crippen LogP contribution < -0.4 is 0 Å². The van der Waals surface area contributed by atoms with Crippen molar-refractivity contribution in [3.8, 4) is 0 Å². The Kier molecular flexibility index (Phi) is 5.76. The van der Waals surface area contributed by atoms with Gasteiger partial charge < -0.3 is 0 Å². The molecule has 0 aromatic heterocycles. The lowest BCUT2D eigenvalue weighted by Crippen LogP contribution is -1.99. The largest absolute Gasteiger partial charge is 0.299 e. The van der Waals surface area contributed by atoms with Gasteiger partial charge in [0.05, 0.1) is 0 Å². The van der Waals surface area contributed by atoms with Crippen molar-refractivity contribution >= 4 is 30.2 Å². The molecule has 0 saturated heterocycles. The normalized spacial score (nSPS) is 9.25. The van der Waals surface area contributed by atoms with Gasteiger partial charge >= 0.3 is 0 Å². The van der Waals surface area contributed by atoms with Crippen LogP contribution in [0, 0.1) is 0 Å². The Labute approximate surface area is 59.6 Å². The highest BCUT2D eigenvalue weighted by atomic mass is 32.2. The Morgan fingerprint density at radius 1 is 1.75 bits per heavy atom. The summed E-state index contributed by atoms with van der Waals surface area (Å²) in [7, 11) is 0. The third-order valence-corrected chi connectivity index (χ3v) is 1.73. The van der Waals surface area contributed by atoms with E-state index in [0.717, 1.165) is 5.75 Å². The Hall–Kier alpha value is 0.370. The Bertz CT molecular complexity index is 72.8. The number of Topliss-reactive ketones (excluding diaryl/α,β-unsaturated/α-hetero) is 1. The molecule has 0 amide bonds. The molecule has 0 aromatic carbocycles. The third-order valence-electron chi connectivity index (χ3n) is 0.761.